The Balaban J connectivity index is 2.69. The van der Waals surface area contributed by atoms with Crippen molar-refractivity contribution < 1.29 is 9.53 Å². The third-order valence-corrected chi connectivity index (χ3v) is 2.47. The Bertz CT molecular complexity index is 466. The average molecular weight is 242 g/mol. The van der Waals surface area contributed by atoms with Crippen molar-refractivity contribution >= 4 is 5.97 Å². The fourth-order valence-corrected chi connectivity index (χ4v) is 1.38. The number of ether oxygens (including phenoxy) is 1. The van der Waals surface area contributed by atoms with Crippen molar-refractivity contribution in [1.82, 2.24) is 0 Å². The lowest BCUT2D eigenvalue weighted by Gasteiger charge is -2.05. The first-order valence-corrected chi connectivity index (χ1v) is 5.79. The molecule has 4 heteroatoms. The normalized spacial score (nSPS) is 9.56. The van der Waals surface area contributed by atoms with Crippen LogP contribution in [0.3, 0.4) is 0 Å². The lowest BCUT2D eigenvalue weighted by molar-refractivity contribution is 0.0500. The van der Waals surface area contributed by atoms with Crippen LogP contribution in [0.4, 0.5) is 0 Å². The van der Waals surface area contributed by atoms with Crippen molar-refractivity contribution in [3.05, 3.63) is 35.4 Å². The van der Waals surface area contributed by atoms with E-state index in [0.29, 0.717) is 17.7 Å². The maximum absolute atomic E-state index is 11.6. The maximum Gasteiger partial charge on any atom is 0.338 e. The topological polar surface area (TPSA) is 73.9 Å². The first kappa shape index (κ1) is 13.7. The van der Waals surface area contributed by atoms with Crippen molar-refractivity contribution in [1.29, 1.82) is 10.5 Å². The van der Waals surface area contributed by atoms with Gasteiger partial charge in [0.1, 0.15) is 0 Å². The Morgan fingerprint density at radius 3 is 2.39 bits per heavy atom. The summed E-state index contributed by atoms with van der Waals surface area (Å²) < 4.78 is 5.05. The predicted molar refractivity (Wildman–Crippen MR) is 65.6 cm³/mol. The van der Waals surface area contributed by atoms with E-state index in [9.17, 15) is 4.79 Å². The fraction of sp³-hybridized carbons (Fsp3) is 0.357. The van der Waals surface area contributed by atoms with E-state index < -0.39 is 5.92 Å². The van der Waals surface area contributed by atoms with Crippen LogP contribution in [0.15, 0.2) is 24.3 Å². The molecule has 0 aromatic heterocycles. The highest BCUT2D eigenvalue weighted by atomic mass is 16.5. The minimum absolute atomic E-state index is 0.375. The number of rotatable bonds is 5. The molecule has 1 rings (SSSR count). The van der Waals surface area contributed by atoms with Gasteiger partial charge in [-0.3, -0.25) is 0 Å². The summed E-state index contributed by atoms with van der Waals surface area (Å²) in [5.41, 5.74) is 1.02. The fourth-order valence-electron chi connectivity index (χ4n) is 1.38. The van der Waals surface area contributed by atoms with Gasteiger partial charge in [-0.05, 0) is 24.1 Å². The summed E-state index contributed by atoms with van der Waals surface area (Å²) >= 11 is 0. The maximum atomic E-state index is 11.6. The number of hydrogen-bond acceptors (Lipinski definition) is 4. The highest BCUT2D eigenvalue weighted by Crippen LogP contribution is 2.15. The van der Waals surface area contributed by atoms with Gasteiger partial charge in [-0.1, -0.05) is 25.5 Å². The summed E-state index contributed by atoms with van der Waals surface area (Å²) in [7, 11) is 0. The zero-order valence-electron chi connectivity index (χ0n) is 10.2. The van der Waals surface area contributed by atoms with Gasteiger partial charge in [0, 0.05) is 0 Å². The number of unbranched alkanes of at least 4 members (excludes halogenated alkanes) is 1. The smallest absolute Gasteiger partial charge is 0.338 e. The molecule has 0 unspecified atom stereocenters. The van der Waals surface area contributed by atoms with Gasteiger partial charge >= 0.3 is 5.97 Å². The largest absolute Gasteiger partial charge is 0.462 e. The molecule has 0 bridgehead atoms. The first-order chi connectivity index (χ1) is 8.72. The molecule has 0 radical (unpaired) electrons. The second kappa shape index (κ2) is 7.09. The summed E-state index contributed by atoms with van der Waals surface area (Å²) in [5.74, 6) is -1.17. The van der Waals surface area contributed by atoms with Gasteiger partial charge in [0.15, 0.2) is 5.92 Å². The number of esters is 1. The molecule has 0 aliphatic heterocycles. The van der Waals surface area contributed by atoms with E-state index in [1.165, 1.54) is 0 Å². The van der Waals surface area contributed by atoms with E-state index in [4.69, 9.17) is 15.3 Å². The molecule has 0 saturated carbocycles. The molecule has 1 aromatic rings. The molecule has 0 fully saturated rings. The first-order valence-electron chi connectivity index (χ1n) is 5.79. The Labute approximate surface area is 106 Å². The van der Waals surface area contributed by atoms with E-state index >= 15 is 0 Å². The van der Waals surface area contributed by atoms with Crippen molar-refractivity contribution in [2.45, 2.75) is 25.7 Å². The van der Waals surface area contributed by atoms with Crippen LogP contribution in [0.25, 0.3) is 0 Å². The van der Waals surface area contributed by atoms with Gasteiger partial charge in [0.25, 0.3) is 0 Å². The van der Waals surface area contributed by atoms with Crippen molar-refractivity contribution in [2.24, 2.45) is 0 Å². The molecule has 0 spiro atoms. The van der Waals surface area contributed by atoms with E-state index in [-0.39, 0.29) is 5.97 Å². The number of hydrogen-bond donors (Lipinski definition) is 0. The summed E-state index contributed by atoms with van der Waals surface area (Å²) in [6.07, 6.45) is 1.81. The van der Waals surface area contributed by atoms with Crippen LogP contribution in [0.2, 0.25) is 0 Å². The molecule has 0 aliphatic rings. The van der Waals surface area contributed by atoms with E-state index in [0.717, 1.165) is 12.8 Å². The SMILES string of the molecule is CCCCOC(=O)c1ccc(C(C#N)C#N)cc1. The summed E-state index contributed by atoms with van der Waals surface area (Å²) in [5, 5.41) is 17.5. The minimum atomic E-state index is -0.796. The van der Waals surface area contributed by atoms with Gasteiger partial charge in [-0.2, -0.15) is 10.5 Å². The second-order valence-electron chi connectivity index (χ2n) is 3.80. The zero-order valence-corrected chi connectivity index (χ0v) is 10.2. The van der Waals surface area contributed by atoms with E-state index in [2.05, 4.69) is 0 Å². The molecular formula is C14H14N2O2. The van der Waals surface area contributed by atoms with Gasteiger partial charge in [-0.15, -0.1) is 0 Å². The lowest BCUT2D eigenvalue weighted by Crippen LogP contribution is -2.06. The molecule has 0 atom stereocenters. The predicted octanol–water partition coefficient (Wildman–Crippen LogP) is 2.77. The average Bonchev–Trinajstić information content (AvgIpc) is 2.41. The van der Waals surface area contributed by atoms with Crippen LogP contribution in [-0.4, -0.2) is 12.6 Å². The standard InChI is InChI=1S/C14H14N2O2/c1-2-3-8-18-14(17)12-6-4-11(5-7-12)13(9-15)10-16/h4-7,13H,2-3,8H2,1H3. The number of nitrogens with zero attached hydrogens (tertiary/aromatic N) is 2. The monoisotopic (exact) mass is 242 g/mol. The number of benzene rings is 1. The lowest BCUT2D eigenvalue weighted by atomic mass is 10.0. The number of carbonyl (C=O) groups is 1. The third kappa shape index (κ3) is 3.61. The van der Waals surface area contributed by atoms with Gasteiger partial charge < -0.3 is 4.74 Å². The molecule has 4 nitrogen and oxygen atoms in total. The van der Waals surface area contributed by atoms with E-state index in [1.807, 2.05) is 19.1 Å². The highest BCUT2D eigenvalue weighted by Gasteiger charge is 2.11. The minimum Gasteiger partial charge on any atom is -0.462 e. The molecule has 0 aliphatic carbocycles. The van der Waals surface area contributed by atoms with Crippen LogP contribution in [0.5, 0.6) is 0 Å². The Kier molecular flexibility index (Phi) is 5.41. The van der Waals surface area contributed by atoms with Crippen LogP contribution >= 0.6 is 0 Å². The number of nitriles is 2. The molecule has 0 N–H and O–H groups in total. The van der Waals surface area contributed by atoms with Gasteiger partial charge in [0.2, 0.25) is 0 Å². The number of carbonyl (C=O) groups excluding carboxylic acids is 1. The van der Waals surface area contributed by atoms with Crippen LogP contribution < -0.4 is 0 Å². The van der Waals surface area contributed by atoms with E-state index in [1.54, 1.807) is 24.3 Å². The van der Waals surface area contributed by atoms with Gasteiger partial charge in [-0.25, -0.2) is 4.79 Å². The molecule has 0 heterocycles. The van der Waals surface area contributed by atoms with Crippen molar-refractivity contribution in [3.63, 3.8) is 0 Å². The molecule has 1 aromatic carbocycles. The molecule has 92 valence electrons. The van der Waals surface area contributed by atoms with Gasteiger partial charge in [0.05, 0.1) is 24.3 Å². The van der Waals surface area contributed by atoms with Crippen LogP contribution in [-0.2, 0) is 4.74 Å². The molecule has 18 heavy (non-hydrogen) atoms. The third-order valence-electron chi connectivity index (χ3n) is 2.47. The van der Waals surface area contributed by atoms with Crippen LogP contribution in [0, 0.1) is 22.7 Å². The molecule has 0 amide bonds. The molecule has 0 saturated heterocycles. The van der Waals surface area contributed by atoms with Crippen molar-refractivity contribution in [2.75, 3.05) is 6.61 Å². The van der Waals surface area contributed by atoms with Crippen molar-refractivity contribution in [3.8, 4) is 12.1 Å². The summed E-state index contributed by atoms with van der Waals surface area (Å²) in [6.45, 7) is 2.43. The second-order valence-corrected chi connectivity index (χ2v) is 3.80. The Morgan fingerprint density at radius 2 is 1.89 bits per heavy atom. The molecular weight excluding hydrogens is 228 g/mol. The highest BCUT2D eigenvalue weighted by molar-refractivity contribution is 5.89. The van der Waals surface area contributed by atoms with Crippen LogP contribution in [0.1, 0.15) is 41.6 Å². The summed E-state index contributed by atoms with van der Waals surface area (Å²) in [6, 6.07) is 10.1. The quantitative estimate of drug-likeness (QED) is 0.587. The summed E-state index contributed by atoms with van der Waals surface area (Å²) in [4.78, 5) is 11.6. The Hall–Kier alpha value is -2.33. The zero-order chi connectivity index (χ0) is 13.4. The Morgan fingerprint density at radius 1 is 1.28 bits per heavy atom.